The van der Waals surface area contributed by atoms with Gasteiger partial charge in [0.1, 0.15) is 6.29 Å². The van der Waals surface area contributed by atoms with Gasteiger partial charge in [-0.25, -0.2) is 0 Å². The summed E-state index contributed by atoms with van der Waals surface area (Å²) in [7, 11) is 0. The van der Waals surface area contributed by atoms with E-state index in [1.807, 2.05) is 0 Å². The van der Waals surface area contributed by atoms with Crippen molar-refractivity contribution in [1.82, 2.24) is 0 Å². The van der Waals surface area contributed by atoms with Gasteiger partial charge in [-0.3, -0.25) is 4.79 Å². The molecule has 0 radical (unpaired) electrons. The van der Waals surface area contributed by atoms with Crippen LogP contribution in [-0.4, -0.2) is 12.5 Å². The van der Waals surface area contributed by atoms with Crippen molar-refractivity contribution in [2.75, 3.05) is 0 Å². The maximum absolute atomic E-state index is 12.9. The lowest BCUT2D eigenvalue weighted by atomic mass is 9.73. The van der Waals surface area contributed by atoms with Gasteiger partial charge >= 0.3 is 6.18 Å². The molecular weight excluding hydrogens is 253 g/mol. The number of rotatable bonds is 4. The second kappa shape index (κ2) is 4.64. The molecule has 0 amide bonds. The molecule has 0 aromatic heterocycles. The highest BCUT2D eigenvalue weighted by molar-refractivity contribution is 5.75. The molecule has 19 heavy (non-hydrogen) atoms. The number of alkyl halides is 3. The Morgan fingerprint density at radius 1 is 1.21 bits per heavy atom. The second-order valence-electron chi connectivity index (χ2n) is 6.87. The van der Waals surface area contributed by atoms with Gasteiger partial charge in [-0.05, 0) is 55.9 Å². The van der Waals surface area contributed by atoms with Gasteiger partial charge in [0.05, 0.1) is 5.41 Å². The highest BCUT2D eigenvalue weighted by atomic mass is 19.4. The fourth-order valence-corrected chi connectivity index (χ4v) is 3.04. The largest absolute Gasteiger partial charge is 0.394 e. The number of hydrogen-bond donors (Lipinski definition) is 0. The van der Waals surface area contributed by atoms with Gasteiger partial charge in [-0.1, -0.05) is 19.4 Å². The summed E-state index contributed by atoms with van der Waals surface area (Å²) in [6, 6.07) is 0. The Bertz CT molecular complexity index is 400. The minimum absolute atomic E-state index is 0.108. The molecule has 0 spiro atoms. The summed E-state index contributed by atoms with van der Waals surface area (Å²) in [5.41, 5.74) is 0.367. The molecule has 0 unspecified atom stereocenters. The number of halogens is 3. The Kier molecular flexibility index (Phi) is 3.56. The van der Waals surface area contributed by atoms with Crippen LogP contribution >= 0.6 is 0 Å². The molecule has 2 rings (SSSR count). The third-order valence-electron chi connectivity index (χ3n) is 4.72. The number of hydrogen-bond acceptors (Lipinski definition) is 1. The van der Waals surface area contributed by atoms with Gasteiger partial charge in [-0.2, -0.15) is 13.2 Å². The van der Waals surface area contributed by atoms with E-state index in [0.717, 1.165) is 30.3 Å². The Labute approximate surface area is 112 Å². The van der Waals surface area contributed by atoms with Crippen LogP contribution in [0.5, 0.6) is 0 Å². The smallest absolute Gasteiger partial charge is 0.298 e. The quantitative estimate of drug-likeness (QED) is 0.672. The summed E-state index contributed by atoms with van der Waals surface area (Å²) in [4.78, 5) is 11.0. The molecule has 2 aliphatic carbocycles. The predicted molar refractivity (Wildman–Crippen MR) is 67.7 cm³/mol. The van der Waals surface area contributed by atoms with E-state index in [1.165, 1.54) is 0 Å². The molecule has 0 atom stereocenters. The van der Waals surface area contributed by atoms with Crippen molar-refractivity contribution in [3.8, 4) is 0 Å². The fraction of sp³-hybridized carbons (Fsp3) is 0.800. The van der Waals surface area contributed by atoms with Crippen LogP contribution in [0.3, 0.4) is 0 Å². The van der Waals surface area contributed by atoms with Crippen LogP contribution in [0.2, 0.25) is 0 Å². The fourth-order valence-electron chi connectivity index (χ4n) is 3.04. The van der Waals surface area contributed by atoms with Gasteiger partial charge in [-0.15, -0.1) is 0 Å². The summed E-state index contributed by atoms with van der Waals surface area (Å²) in [5, 5.41) is 0. The van der Waals surface area contributed by atoms with E-state index in [-0.39, 0.29) is 24.7 Å². The molecule has 1 saturated carbocycles. The highest BCUT2D eigenvalue weighted by Crippen LogP contribution is 2.61. The molecule has 0 aromatic rings. The number of carbonyl (C=O) groups excluding carboxylic acids is 1. The van der Waals surface area contributed by atoms with E-state index < -0.39 is 11.6 Å². The molecule has 1 nitrogen and oxygen atoms in total. The van der Waals surface area contributed by atoms with Crippen LogP contribution < -0.4 is 0 Å². The van der Waals surface area contributed by atoms with Gasteiger partial charge in [0.2, 0.25) is 0 Å². The van der Waals surface area contributed by atoms with Crippen molar-refractivity contribution in [3.63, 3.8) is 0 Å². The van der Waals surface area contributed by atoms with Crippen LogP contribution in [0.4, 0.5) is 13.2 Å². The van der Waals surface area contributed by atoms with Gasteiger partial charge < -0.3 is 0 Å². The normalized spacial score (nSPS) is 25.3. The SMILES string of the molecule is CC1(C)CCC(C=O)=C(CCC2(C(F)(F)F)CC2)C1. The molecule has 0 aliphatic heterocycles. The van der Waals surface area contributed by atoms with E-state index in [1.54, 1.807) is 0 Å². The third kappa shape index (κ3) is 3.03. The van der Waals surface area contributed by atoms with E-state index in [4.69, 9.17) is 0 Å². The monoisotopic (exact) mass is 274 g/mol. The Balaban J connectivity index is 2.05. The lowest BCUT2D eigenvalue weighted by Crippen LogP contribution is -2.25. The summed E-state index contributed by atoms with van der Waals surface area (Å²) < 4.78 is 38.7. The van der Waals surface area contributed by atoms with E-state index in [0.29, 0.717) is 12.8 Å². The molecule has 0 N–H and O–H groups in total. The zero-order valence-electron chi connectivity index (χ0n) is 11.6. The minimum atomic E-state index is -4.08. The van der Waals surface area contributed by atoms with Gasteiger partial charge in [0.15, 0.2) is 0 Å². The summed E-state index contributed by atoms with van der Waals surface area (Å²) in [6.07, 6.45) is 0.259. The standard InChI is InChI=1S/C15H21F3O/c1-13(2)5-3-12(10-19)11(9-13)4-6-14(7-8-14)15(16,17)18/h10H,3-9H2,1-2H3. The molecule has 4 heteroatoms. The van der Waals surface area contributed by atoms with Crippen LogP contribution in [0.15, 0.2) is 11.1 Å². The summed E-state index contributed by atoms with van der Waals surface area (Å²) in [5.74, 6) is 0. The molecule has 108 valence electrons. The molecule has 0 saturated heterocycles. The minimum Gasteiger partial charge on any atom is -0.298 e. The number of aldehydes is 1. The Morgan fingerprint density at radius 3 is 2.32 bits per heavy atom. The van der Waals surface area contributed by atoms with E-state index in [9.17, 15) is 18.0 Å². The number of allylic oxidation sites excluding steroid dienone is 2. The van der Waals surface area contributed by atoms with Crippen LogP contribution in [-0.2, 0) is 4.79 Å². The maximum Gasteiger partial charge on any atom is 0.394 e. The van der Waals surface area contributed by atoms with Crippen LogP contribution in [0, 0.1) is 10.8 Å². The van der Waals surface area contributed by atoms with Gasteiger partial charge in [0.25, 0.3) is 0 Å². The lowest BCUT2D eigenvalue weighted by Gasteiger charge is -2.32. The van der Waals surface area contributed by atoms with Crippen molar-refractivity contribution in [2.24, 2.45) is 10.8 Å². The maximum atomic E-state index is 12.9. The topological polar surface area (TPSA) is 17.1 Å². The Hall–Kier alpha value is -0.800. The van der Waals surface area contributed by atoms with Gasteiger partial charge in [0, 0.05) is 0 Å². The van der Waals surface area contributed by atoms with Crippen molar-refractivity contribution >= 4 is 6.29 Å². The first kappa shape index (κ1) is 14.6. The first-order valence-corrected chi connectivity index (χ1v) is 6.92. The first-order chi connectivity index (χ1) is 8.69. The lowest BCUT2D eigenvalue weighted by molar-refractivity contribution is -0.188. The average molecular weight is 274 g/mol. The molecule has 0 heterocycles. The summed E-state index contributed by atoms with van der Waals surface area (Å²) in [6.45, 7) is 4.23. The zero-order chi connectivity index (χ0) is 14.3. The molecule has 1 fully saturated rings. The molecular formula is C15H21F3O. The highest BCUT2D eigenvalue weighted by Gasteiger charge is 2.62. The summed E-state index contributed by atoms with van der Waals surface area (Å²) >= 11 is 0. The second-order valence-corrected chi connectivity index (χ2v) is 6.87. The number of carbonyl (C=O) groups is 1. The Morgan fingerprint density at radius 2 is 1.84 bits per heavy atom. The van der Waals surface area contributed by atoms with Crippen LogP contribution in [0.1, 0.15) is 58.8 Å². The third-order valence-corrected chi connectivity index (χ3v) is 4.72. The van der Waals surface area contributed by atoms with Crippen molar-refractivity contribution < 1.29 is 18.0 Å². The molecule has 0 bridgehead atoms. The van der Waals surface area contributed by atoms with Crippen molar-refractivity contribution in [1.29, 1.82) is 0 Å². The first-order valence-electron chi connectivity index (χ1n) is 6.92. The molecule has 0 aromatic carbocycles. The molecule has 2 aliphatic rings. The van der Waals surface area contributed by atoms with E-state index >= 15 is 0 Å². The van der Waals surface area contributed by atoms with E-state index in [2.05, 4.69) is 13.8 Å². The average Bonchev–Trinajstić information content (AvgIpc) is 3.05. The predicted octanol–water partition coefficient (Wildman–Crippen LogP) is 4.81. The van der Waals surface area contributed by atoms with Crippen molar-refractivity contribution in [3.05, 3.63) is 11.1 Å². The zero-order valence-corrected chi connectivity index (χ0v) is 11.6. The van der Waals surface area contributed by atoms with Crippen LogP contribution in [0.25, 0.3) is 0 Å². The van der Waals surface area contributed by atoms with Crippen molar-refractivity contribution in [2.45, 2.75) is 65.0 Å².